The number of carbonyl (C=O) groups excluding carboxylic acids is 1. The first kappa shape index (κ1) is 14.1. The maximum Gasteiger partial charge on any atom is 0.298 e. The number of ether oxygens (including phenoxy) is 1. The van der Waals surface area contributed by atoms with E-state index in [2.05, 4.69) is 13.8 Å². The molecule has 0 radical (unpaired) electrons. The molecule has 0 bridgehead atoms. The maximum absolute atomic E-state index is 10.3. The van der Waals surface area contributed by atoms with Crippen LogP contribution in [0.5, 0.6) is 11.5 Å². The number of aromatic hydroxyl groups is 1. The van der Waals surface area contributed by atoms with E-state index in [1.807, 2.05) is 24.3 Å². The van der Waals surface area contributed by atoms with E-state index >= 15 is 0 Å². The van der Waals surface area contributed by atoms with Crippen LogP contribution in [-0.2, 0) is 10.2 Å². The molecule has 0 fully saturated rings. The first-order chi connectivity index (χ1) is 9.60. The van der Waals surface area contributed by atoms with Gasteiger partial charge in [0.15, 0.2) is 0 Å². The summed E-state index contributed by atoms with van der Waals surface area (Å²) in [7, 11) is 0. The molecular weight excluding hydrogens is 252 g/mol. The summed E-state index contributed by atoms with van der Waals surface area (Å²) in [5.41, 5.74) is 2.14. The van der Waals surface area contributed by atoms with Gasteiger partial charge in [0.25, 0.3) is 6.47 Å². The molecule has 104 valence electrons. The van der Waals surface area contributed by atoms with E-state index in [1.54, 1.807) is 24.3 Å². The lowest BCUT2D eigenvalue weighted by Gasteiger charge is -2.30. The minimum atomic E-state index is -0.145. The van der Waals surface area contributed by atoms with Crippen molar-refractivity contribution in [1.82, 2.24) is 0 Å². The lowest BCUT2D eigenvalue weighted by atomic mass is 9.74. The molecule has 2 aromatic carbocycles. The summed E-state index contributed by atoms with van der Waals surface area (Å²) < 4.78 is 4.81. The highest BCUT2D eigenvalue weighted by Gasteiger charge is 2.26. The topological polar surface area (TPSA) is 46.5 Å². The monoisotopic (exact) mass is 270 g/mol. The Labute approximate surface area is 118 Å². The largest absolute Gasteiger partial charge is 0.508 e. The molecule has 2 rings (SSSR count). The summed E-state index contributed by atoms with van der Waals surface area (Å²) in [5.74, 6) is 0.801. The smallest absolute Gasteiger partial charge is 0.298 e. The predicted octanol–water partition coefficient (Wildman–Crippen LogP) is 3.64. The maximum atomic E-state index is 10.3. The van der Waals surface area contributed by atoms with Gasteiger partial charge in [-0.25, -0.2) is 0 Å². The van der Waals surface area contributed by atoms with Crippen molar-refractivity contribution in [2.45, 2.75) is 25.7 Å². The summed E-state index contributed by atoms with van der Waals surface area (Å²) >= 11 is 0. The Morgan fingerprint density at radius 2 is 1.55 bits per heavy atom. The van der Waals surface area contributed by atoms with E-state index in [4.69, 9.17) is 4.74 Å². The molecule has 0 spiro atoms. The highest BCUT2D eigenvalue weighted by Crippen LogP contribution is 2.36. The number of rotatable bonds is 5. The molecule has 2 aromatic rings. The fourth-order valence-electron chi connectivity index (χ4n) is 2.36. The van der Waals surface area contributed by atoms with Crippen LogP contribution in [0, 0.1) is 0 Å². The van der Waals surface area contributed by atoms with Gasteiger partial charge in [-0.3, -0.25) is 4.79 Å². The number of benzene rings is 2. The normalized spacial score (nSPS) is 13.5. The zero-order valence-electron chi connectivity index (χ0n) is 11.7. The van der Waals surface area contributed by atoms with Crippen molar-refractivity contribution in [3.63, 3.8) is 0 Å². The average molecular weight is 270 g/mol. The second kappa shape index (κ2) is 5.78. The Morgan fingerprint density at radius 3 is 2.00 bits per heavy atom. The second-order valence-corrected chi connectivity index (χ2v) is 4.97. The molecule has 3 nitrogen and oxygen atoms in total. The van der Waals surface area contributed by atoms with Crippen LogP contribution in [0.1, 0.15) is 31.4 Å². The molecule has 1 N–H and O–H groups in total. The molecule has 0 aliphatic carbocycles. The number of hydrogen-bond acceptors (Lipinski definition) is 3. The van der Waals surface area contributed by atoms with Gasteiger partial charge in [0.2, 0.25) is 0 Å². The number of phenolic OH excluding ortho intramolecular Hbond substituents is 1. The Bertz CT molecular complexity index is 572. The summed E-state index contributed by atoms with van der Waals surface area (Å²) in [5, 5.41) is 9.41. The van der Waals surface area contributed by atoms with E-state index in [1.165, 1.54) is 0 Å². The molecule has 0 saturated heterocycles. The standard InChI is InChI=1S/C17H18O3/c1-3-17(2,13-4-8-15(19)9-5-13)14-6-10-16(11-7-14)20-12-18/h4-12,19H,3H2,1-2H3. The summed E-state index contributed by atoms with van der Waals surface area (Å²) in [6.07, 6.45) is 0.922. The highest BCUT2D eigenvalue weighted by molar-refractivity contribution is 5.47. The van der Waals surface area contributed by atoms with Crippen LogP contribution in [-0.4, -0.2) is 11.6 Å². The fraction of sp³-hybridized carbons (Fsp3) is 0.235. The molecule has 0 aromatic heterocycles. The zero-order valence-corrected chi connectivity index (χ0v) is 11.7. The van der Waals surface area contributed by atoms with E-state index in [0.717, 1.165) is 17.5 Å². The minimum absolute atomic E-state index is 0.145. The van der Waals surface area contributed by atoms with Crippen molar-refractivity contribution in [2.75, 3.05) is 0 Å². The molecule has 0 aliphatic rings. The molecule has 0 amide bonds. The quantitative estimate of drug-likeness (QED) is 0.844. The Morgan fingerprint density at radius 1 is 1.05 bits per heavy atom. The number of carbonyl (C=O) groups is 1. The van der Waals surface area contributed by atoms with Gasteiger partial charge in [0, 0.05) is 5.41 Å². The minimum Gasteiger partial charge on any atom is -0.508 e. The first-order valence-electron chi connectivity index (χ1n) is 6.60. The van der Waals surface area contributed by atoms with Crippen LogP contribution < -0.4 is 4.74 Å². The van der Waals surface area contributed by atoms with Crippen LogP contribution in [0.25, 0.3) is 0 Å². The van der Waals surface area contributed by atoms with Gasteiger partial charge in [-0.2, -0.15) is 0 Å². The van der Waals surface area contributed by atoms with Crippen molar-refractivity contribution in [2.24, 2.45) is 0 Å². The first-order valence-corrected chi connectivity index (χ1v) is 6.60. The van der Waals surface area contributed by atoms with Crippen LogP contribution in [0.4, 0.5) is 0 Å². The molecule has 1 unspecified atom stereocenters. The predicted molar refractivity (Wildman–Crippen MR) is 78.0 cm³/mol. The zero-order chi connectivity index (χ0) is 14.6. The Kier molecular flexibility index (Phi) is 4.08. The Hall–Kier alpha value is -2.29. The number of hydrogen-bond donors (Lipinski definition) is 1. The van der Waals surface area contributed by atoms with E-state index in [9.17, 15) is 9.90 Å². The molecule has 0 aliphatic heterocycles. The van der Waals surface area contributed by atoms with Crippen molar-refractivity contribution in [1.29, 1.82) is 0 Å². The van der Waals surface area contributed by atoms with Gasteiger partial charge in [-0.1, -0.05) is 38.1 Å². The van der Waals surface area contributed by atoms with Crippen LogP contribution in [0.3, 0.4) is 0 Å². The molecular formula is C17H18O3. The Balaban J connectivity index is 2.39. The lowest BCUT2D eigenvalue weighted by molar-refractivity contribution is -0.120. The lowest BCUT2D eigenvalue weighted by Crippen LogP contribution is -2.22. The third-order valence-electron chi connectivity index (χ3n) is 3.89. The van der Waals surface area contributed by atoms with Gasteiger partial charge in [-0.15, -0.1) is 0 Å². The summed E-state index contributed by atoms with van der Waals surface area (Å²) in [6, 6.07) is 14.8. The van der Waals surface area contributed by atoms with Crippen molar-refractivity contribution in [3.8, 4) is 11.5 Å². The SMILES string of the molecule is CCC(C)(c1ccc(O)cc1)c1ccc(OC=O)cc1. The van der Waals surface area contributed by atoms with Crippen LogP contribution >= 0.6 is 0 Å². The third kappa shape index (κ3) is 2.67. The summed E-state index contributed by atoms with van der Waals surface area (Å²) in [6.45, 7) is 4.71. The average Bonchev–Trinajstić information content (AvgIpc) is 2.48. The van der Waals surface area contributed by atoms with Crippen LogP contribution in [0.2, 0.25) is 0 Å². The van der Waals surface area contributed by atoms with E-state index < -0.39 is 0 Å². The summed E-state index contributed by atoms with van der Waals surface area (Å²) in [4.78, 5) is 10.3. The van der Waals surface area contributed by atoms with Crippen molar-refractivity contribution >= 4 is 6.47 Å². The highest BCUT2D eigenvalue weighted by atomic mass is 16.5. The van der Waals surface area contributed by atoms with Crippen molar-refractivity contribution in [3.05, 3.63) is 59.7 Å². The molecule has 20 heavy (non-hydrogen) atoms. The second-order valence-electron chi connectivity index (χ2n) is 4.97. The van der Waals surface area contributed by atoms with E-state index in [-0.39, 0.29) is 11.2 Å². The molecule has 3 heteroatoms. The van der Waals surface area contributed by atoms with Gasteiger partial charge >= 0.3 is 0 Å². The van der Waals surface area contributed by atoms with E-state index in [0.29, 0.717) is 12.2 Å². The van der Waals surface area contributed by atoms with Gasteiger partial charge in [-0.05, 0) is 41.8 Å². The van der Waals surface area contributed by atoms with Gasteiger partial charge in [0.05, 0.1) is 0 Å². The molecule has 1 atom stereocenters. The van der Waals surface area contributed by atoms with Gasteiger partial charge < -0.3 is 9.84 Å². The van der Waals surface area contributed by atoms with Crippen molar-refractivity contribution < 1.29 is 14.6 Å². The fourth-order valence-corrected chi connectivity index (χ4v) is 2.36. The molecule has 0 saturated carbocycles. The third-order valence-corrected chi connectivity index (χ3v) is 3.89. The van der Waals surface area contributed by atoms with Gasteiger partial charge in [0.1, 0.15) is 11.5 Å². The molecule has 0 heterocycles. The number of phenols is 1. The van der Waals surface area contributed by atoms with Crippen LogP contribution in [0.15, 0.2) is 48.5 Å².